The number of hydrogen-bond acceptors (Lipinski definition) is 4. The van der Waals surface area contributed by atoms with Crippen LogP contribution in [0.5, 0.6) is 0 Å². The average Bonchev–Trinajstić information content (AvgIpc) is 2.52. The van der Waals surface area contributed by atoms with Crippen LogP contribution in [0.1, 0.15) is 22.8 Å². The van der Waals surface area contributed by atoms with E-state index in [0.29, 0.717) is 16.3 Å². The minimum Gasteiger partial charge on any atom is -0.267 e. The van der Waals surface area contributed by atoms with Crippen LogP contribution < -0.4 is 5.43 Å². The summed E-state index contributed by atoms with van der Waals surface area (Å²) in [6.45, 7) is 1.61. The molecule has 2 aromatic carbocycles. The van der Waals surface area contributed by atoms with Crippen molar-refractivity contribution < 1.29 is 9.72 Å². The minimum absolute atomic E-state index is 0.0339. The Kier molecular flexibility index (Phi) is 5.31. The van der Waals surface area contributed by atoms with Gasteiger partial charge >= 0.3 is 0 Å². The monoisotopic (exact) mass is 351 g/mol. The fourth-order valence-electron chi connectivity index (χ4n) is 1.78. The van der Waals surface area contributed by atoms with Crippen molar-refractivity contribution in [2.45, 2.75) is 6.92 Å². The lowest BCUT2D eigenvalue weighted by Gasteiger charge is -2.05. The summed E-state index contributed by atoms with van der Waals surface area (Å²) in [7, 11) is 0. The first-order valence-corrected chi connectivity index (χ1v) is 7.19. The molecule has 1 amide bonds. The Balaban J connectivity index is 2.21. The van der Waals surface area contributed by atoms with Crippen LogP contribution in [0.4, 0.5) is 5.69 Å². The zero-order valence-electron chi connectivity index (χ0n) is 11.9. The maximum Gasteiger partial charge on any atom is 0.288 e. The summed E-state index contributed by atoms with van der Waals surface area (Å²) >= 11 is 11.7. The van der Waals surface area contributed by atoms with Crippen LogP contribution in [0.3, 0.4) is 0 Å². The second-order valence-corrected chi connectivity index (χ2v) is 5.36. The SMILES string of the molecule is C/C(=N\NC(=O)c1ccccc1Cl)c1ccc(Cl)c([N+](=O)[O-])c1. The number of carbonyl (C=O) groups excluding carboxylic acids is 1. The highest BCUT2D eigenvalue weighted by molar-refractivity contribution is 6.34. The second kappa shape index (κ2) is 7.21. The van der Waals surface area contributed by atoms with E-state index in [-0.39, 0.29) is 16.3 Å². The van der Waals surface area contributed by atoms with Gasteiger partial charge in [0.05, 0.1) is 21.2 Å². The summed E-state index contributed by atoms with van der Waals surface area (Å²) in [6.07, 6.45) is 0. The van der Waals surface area contributed by atoms with Gasteiger partial charge in [0.25, 0.3) is 11.6 Å². The number of hydrogen-bond donors (Lipinski definition) is 1. The van der Waals surface area contributed by atoms with E-state index < -0.39 is 10.8 Å². The van der Waals surface area contributed by atoms with Crippen LogP contribution in [0.15, 0.2) is 47.6 Å². The molecule has 0 aliphatic rings. The van der Waals surface area contributed by atoms with Gasteiger partial charge in [-0.05, 0) is 25.1 Å². The smallest absolute Gasteiger partial charge is 0.267 e. The Morgan fingerprint density at radius 1 is 1.17 bits per heavy atom. The summed E-state index contributed by atoms with van der Waals surface area (Å²) in [5.41, 5.74) is 3.29. The predicted octanol–water partition coefficient (Wildman–Crippen LogP) is 4.06. The highest BCUT2D eigenvalue weighted by atomic mass is 35.5. The van der Waals surface area contributed by atoms with Gasteiger partial charge in [-0.2, -0.15) is 5.10 Å². The van der Waals surface area contributed by atoms with Gasteiger partial charge in [-0.15, -0.1) is 0 Å². The lowest BCUT2D eigenvalue weighted by atomic mass is 10.1. The molecule has 0 radical (unpaired) electrons. The molecular formula is C15H11Cl2N3O3. The molecule has 0 saturated heterocycles. The standard InChI is InChI=1S/C15H11Cl2N3O3/c1-9(10-6-7-13(17)14(8-10)20(22)23)18-19-15(21)11-4-2-3-5-12(11)16/h2-8H,1H3,(H,19,21)/b18-9+. The van der Waals surface area contributed by atoms with Gasteiger partial charge in [0.1, 0.15) is 5.02 Å². The normalized spacial score (nSPS) is 11.2. The molecule has 2 aromatic rings. The summed E-state index contributed by atoms with van der Waals surface area (Å²) in [6, 6.07) is 10.8. The van der Waals surface area contributed by atoms with E-state index in [1.807, 2.05) is 0 Å². The molecule has 0 saturated carbocycles. The van der Waals surface area contributed by atoms with Gasteiger partial charge in [0.15, 0.2) is 0 Å². The number of nitrogens with one attached hydrogen (secondary N) is 1. The van der Waals surface area contributed by atoms with E-state index in [9.17, 15) is 14.9 Å². The van der Waals surface area contributed by atoms with Crippen molar-refractivity contribution in [3.8, 4) is 0 Å². The third-order valence-electron chi connectivity index (χ3n) is 3.00. The largest absolute Gasteiger partial charge is 0.288 e. The molecule has 0 aliphatic carbocycles. The fourth-order valence-corrected chi connectivity index (χ4v) is 2.19. The van der Waals surface area contributed by atoms with Gasteiger partial charge in [-0.25, -0.2) is 5.43 Å². The Morgan fingerprint density at radius 2 is 1.87 bits per heavy atom. The average molecular weight is 352 g/mol. The highest BCUT2D eigenvalue weighted by Crippen LogP contribution is 2.25. The van der Waals surface area contributed by atoms with Crippen molar-refractivity contribution in [3.63, 3.8) is 0 Å². The number of nitrogens with zero attached hydrogens (tertiary/aromatic N) is 2. The van der Waals surface area contributed by atoms with Crippen LogP contribution in [0.2, 0.25) is 10.0 Å². The predicted molar refractivity (Wildman–Crippen MR) is 89.2 cm³/mol. The van der Waals surface area contributed by atoms with E-state index >= 15 is 0 Å². The zero-order valence-corrected chi connectivity index (χ0v) is 13.4. The van der Waals surface area contributed by atoms with E-state index in [2.05, 4.69) is 10.5 Å². The van der Waals surface area contributed by atoms with Crippen LogP contribution in [-0.4, -0.2) is 16.5 Å². The topological polar surface area (TPSA) is 84.6 Å². The number of halogens is 2. The van der Waals surface area contributed by atoms with Gasteiger partial charge in [0, 0.05) is 11.6 Å². The summed E-state index contributed by atoms with van der Waals surface area (Å²) < 4.78 is 0. The Labute approximate surface area is 141 Å². The van der Waals surface area contributed by atoms with E-state index in [1.165, 1.54) is 12.1 Å². The molecule has 0 spiro atoms. The molecule has 0 bridgehead atoms. The Hall–Kier alpha value is -2.44. The second-order valence-electron chi connectivity index (χ2n) is 4.54. The van der Waals surface area contributed by atoms with Gasteiger partial charge in [-0.3, -0.25) is 14.9 Å². The quantitative estimate of drug-likeness (QED) is 0.512. The number of rotatable bonds is 4. The molecule has 0 atom stereocenters. The van der Waals surface area contributed by atoms with Crippen molar-refractivity contribution in [1.82, 2.24) is 5.43 Å². The lowest BCUT2D eigenvalue weighted by molar-refractivity contribution is -0.384. The van der Waals surface area contributed by atoms with E-state index in [4.69, 9.17) is 23.2 Å². The number of hydrazone groups is 1. The fraction of sp³-hybridized carbons (Fsp3) is 0.0667. The molecule has 118 valence electrons. The molecule has 8 heteroatoms. The number of nitro groups is 1. The molecule has 0 heterocycles. The van der Waals surface area contributed by atoms with Crippen molar-refractivity contribution in [1.29, 1.82) is 0 Å². The Bertz CT molecular complexity index is 806. The summed E-state index contributed by atoms with van der Waals surface area (Å²) in [4.78, 5) is 22.3. The number of benzene rings is 2. The third-order valence-corrected chi connectivity index (χ3v) is 3.65. The zero-order chi connectivity index (χ0) is 17.0. The van der Waals surface area contributed by atoms with Crippen molar-refractivity contribution in [3.05, 3.63) is 73.8 Å². The van der Waals surface area contributed by atoms with Crippen LogP contribution in [-0.2, 0) is 0 Å². The molecule has 0 aliphatic heterocycles. The molecular weight excluding hydrogens is 341 g/mol. The minimum atomic E-state index is -0.582. The number of carbonyl (C=O) groups is 1. The number of nitro benzene ring substituents is 1. The van der Waals surface area contributed by atoms with Crippen molar-refractivity contribution in [2.24, 2.45) is 5.10 Å². The van der Waals surface area contributed by atoms with Crippen molar-refractivity contribution in [2.75, 3.05) is 0 Å². The molecule has 23 heavy (non-hydrogen) atoms. The highest BCUT2D eigenvalue weighted by Gasteiger charge is 2.14. The van der Waals surface area contributed by atoms with Gasteiger partial charge in [-0.1, -0.05) is 41.4 Å². The van der Waals surface area contributed by atoms with Crippen LogP contribution in [0, 0.1) is 10.1 Å². The molecule has 6 nitrogen and oxygen atoms in total. The Morgan fingerprint density at radius 3 is 2.52 bits per heavy atom. The molecule has 0 fully saturated rings. The molecule has 2 rings (SSSR count). The maximum absolute atomic E-state index is 12.0. The first-order chi connectivity index (χ1) is 10.9. The summed E-state index contributed by atoms with van der Waals surface area (Å²) in [5.74, 6) is -0.474. The molecule has 0 aromatic heterocycles. The van der Waals surface area contributed by atoms with Crippen LogP contribution >= 0.6 is 23.2 Å². The number of amides is 1. The van der Waals surface area contributed by atoms with E-state index in [1.54, 1.807) is 37.3 Å². The maximum atomic E-state index is 12.0. The van der Waals surface area contributed by atoms with Crippen LogP contribution in [0.25, 0.3) is 0 Å². The summed E-state index contributed by atoms with van der Waals surface area (Å²) in [5, 5.41) is 15.2. The van der Waals surface area contributed by atoms with Gasteiger partial charge < -0.3 is 0 Å². The first kappa shape index (κ1) is 16.9. The first-order valence-electron chi connectivity index (χ1n) is 6.43. The van der Waals surface area contributed by atoms with E-state index in [0.717, 1.165) is 0 Å². The lowest BCUT2D eigenvalue weighted by Crippen LogP contribution is -2.19. The molecule has 0 unspecified atom stereocenters. The van der Waals surface area contributed by atoms with Gasteiger partial charge in [0.2, 0.25) is 0 Å². The van der Waals surface area contributed by atoms with Crippen molar-refractivity contribution >= 4 is 40.5 Å². The third kappa shape index (κ3) is 4.06. The molecule has 1 N–H and O–H groups in total.